The molecule has 1 heterocycles. The summed E-state index contributed by atoms with van der Waals surface area (Å²) in [5.74, 6) is -0.615. The summed E-state index contributed by atoms with van der Waals surface area (Å²) in [6, 6.07) is 10.8. The Labute approximate surface area is 151 Å². The number of amides is 1. The van der Waals surface area contributed by atoms with Gasteiger partial charge in [0, 0.05) is 30.4 Å². The molecule has 1 aliphatic rings. The lowest BCUT2D eigenvalue weighted by atomic mass is 10.1. The number of rotatable bonds is 5. The molecule has 6 nitrogen and oxygen atoms in total. The quantitative estimate of drug-likeness (QED) is 0.835. The molecular formula is C18H20FN3O3S. The normalized spacial score (nSPS) is 17.3. The van der Waals surface area contributed by atoms with Crippen molar-refractivity contribution in [3.8, 4) is 0 Å². The predicted molar refractivity (Wildman–Crippen MR) is 96.8 cm³/mol. The van der Waals surface area contributed by atoms with Crippen molar-refractivity contribution >= 4 is 21.6 Å². The van der Waals surface area contributed by atoms with Crippen molar-refractivity contribution in [2.24, 2.45) is 5.73 Å². The van der Waals surface area contributed by atoms with Gasteiger partial charge in [-0.2, -0.15) is 0 Å². The maximum atomic E-state index is 12.9. The zero-order chi connectivity index (χ0) is 18.7. The Morgan fingerprint density at radius 3 is 2.42 bits per heavy atom. The first kappa shape index (κ1) is 18.3. The lowest BCUT2D eigenvalue weighted by Gasteiger charge is -2.23. The molecule has 0 bridgehead atoms. The Balaban J connectivity index is 1.73. The lowest BCUT2D eigenvalue weighted by molar-refractivity contribution is 0.0741. The molecular weight excluding hydrogens is 357 g/mol. The van der Waals surface area contributed by atoms with Gasteiger partial charge in [0.1, 0.15) is 5.82 Å². The second kappa shape index (κ2) is 7.43. The number of nitrogens with two attached hydrogens (primary N) is 1. The highest BCUT2D eigenvalue weighted by atomic mass is 32.2. The number of hydrogen-bond donors (Lipinski definition) is 2. The standard InChI is InChI=1S/C18H20FN3O3S/c19-14-5-9-17(10-6-14)26(24,25)21-15-7-3-13(4-8-15)18(23)22-11-1-2-16(22)12-20/h3-10,16,21H,1-2,11-12,20H2. The molecule has 26 heavy (non-hydrogen) atoms. The Kier molecular flexibility index (Phi) is 5.24. The van der Waals surface area contributed by atoms with Crippen LogP contribution in [-0.4, -0.2) is 38.4 Å². The highest BCUT2D eigenvalue weighted by Crippen LogP contribution is 2.21. The second-order valence-electron chi connectivity index (χ2n) is 6.17. The molecule has 2 aromatic carbocycles. The largest absolute Gasteiger partial charge is 0.334 e. The minimum Gasteiger partial charge on any atom is -0.334 e. The van der Waals surface area contributed by atoms with E-state index in [1.165, 1.54) is 24.3 Å². The molecule has 1 saturated heterocycles. The summed E-state index contributed by atoms with van der Waals surface area (Å²) in [5.41, 5.74) is 6.51. The van der Waals surface area contributed by atoms with Gasteiger partial charge >= 0.3 is 0 Å². The third kappa shape index (κ3) is 3.86. The maximum Gasteiger partial charge on any atom is 0.261 e. The van der Waals surface area contributed by atoms with Crippen molar-refractivity contribution < 1.29 is 17.6 Å². The summed E-state index contributed by atoms with van der Waals surface area (Å²) in [7, 11) is -3.82. The molecule has 138 valence electrons. The maximum absolute atomic E-state index is 12.9. The molecule has 8 heteroatoms. The summed E-state index contributed by atoms with van der Waals surface area (Å²) in [5, 5.41) is 0. The number of carbonyl (C=O) groups is 1. The van der Waals surface area contributed by atoms with Crippen molar-refractivity contribution in [1.82, 2.24) is 4.90 Å². The Hall–Kier alpha value is -2.45. The van der Waals surface area contributed by atoms with E-state index >= 15 is 0 Å². The van der Waals surface area contributed by atoms with E-state index in [0.29, 0.717) is 24.3 Å². The van der Waals surface area contributed by atoms with E-state index in [4.69, 9.17) is 5.73 Å². The zero-order valence-corrected chi connectivity index (χ0v) is 14.9. The molecule has 1 atom stereocenters. The summed E-state index contributed by atoms with van der Waals surface area (Å²) in [4.78, 5) is 14.3. The number of halogens is 1. The van der Waals surface area contributed by atoms with Gasteiger partial charge in [0.05, 0.1) is 4.90 Å². The number of benzene rings is 2. The van der Waals surface area contributed by atoms with Crippen molar-refractivity contribution in [1.29, 1.82) is 0 Å². The third-order valence-corrected chi connectivity index (χ3v) is 5.82. The Bertz CT molecular complexity index is 883. The molecule has 1 unspecified atom stereocenters. The average molecular weight is 377 g/mol. The highest BCUT2D eigenvalue weighted by Gasteiger charge is 2.28. The van der Waals surface area contributed by atoms with Crippen LogP contribution in [-0.2, 0) is 10.0 Å². The topological polar surface area (TPSA) is 92.5 Å². The number of nitrogens with zero attached hydrogens (tertiary/aromatic N) is 1. The number of hydrogen-bond acceptors (Lipinski definition) is 4. The first-order valence-corrected chi connectivity index (χ1v) is 9.78. The van der Waals surface area contributed by atoms with Gasteiger partial charge in [-0.3, -0.25) is 9.52 Å². The van der Waals surface area contributed by atoms with Gasteiger partial charge in [-0.25, -0.2) is 12.8 Å². The summed E-state index contributed by atoms with van der Waals surface area (Å²) in [6.45, 7) is 1.11. The van der Waals surface area contributed by atoms with E-state index in [1.807, 2.05) is 0 Å². The van der Waals surface area contributed by atoms with Crippen molar-refractivity contribution in [3.05, 3.63) is 59.9 Å². The summed E-state index contributed by atoms with van der Waals surface area (Å²) >= 11 is 0. The van der Waals surface area contributed by atoms with E-state index in [9.17, 15) is 17.6 Å². The molecule has 0 aromatic heterocycles. The molecule has 3 N–H and O–H groups in total. The van der Waals surface area contributed by atoms with Gasteiger partial charge in [0.25, 0.3) is 15.9 Å². The van der Waals surface area contributed by atoms with Crippen LogP contribution in [0, 0.1) is 5.82 Å². The molecule has 2 aromatic rings. The molecule has 0 radical (unpaired) electrons. The minimum absolute atomic E-state index is 0.0399. The van der Waals surface area contributed by atoms with Crippen molar-refractivity contribution in [3.63, 3.8) is 0 Å². The number of anilines is 1. The zero-order valence-electron chi connectivity index (χ0n) is 14.1. The van der Waals surface area contributed by atoms with Gasteiger partial charge in [-0.15, -0.1) is 0 Å². The van der Waals surface area contributed by atoms with E-state index in [1.54, 1.807) is 17.0 Å². The average Bonchev–Trinajstić information content (AvgIpc) is 3.10. The van der Waals surface area contributed by atoms with E-state index < -0.39 is 15.8 Å². The SMILES string of the molecule is NCC1CCCN1C(=O)c1ccc(NS(=O)(=O)c2ccc(F)cc2)cc1. The van der Waals surface area contributed by atoms with Gasteiger partial charge in [0.2, 0.25) is 0 Å². The molecule has 0 aliphatic carbocycles. The molecule has 1 fully saturated rings. The molecule has 0 saturated carbocycles. The van der Waals surface area contributed by atoms with Gasteiger partial charge in [-0.05, 0) is 61.4 Å². The van der Waals surface area contributed by atoms with Crippen LogP contribution in [0.3, 0.4) is 0 Å². The van der Waals surface area contributed by atoms with Crippen LogP contribution in [0.4, 0.5) is 10.1 Å². The van der Waals surface area contributed by atoms with Gasteiger partial charge < -0.3 is 10.6 Å². The van der Waals surface area contributed by atoms with Crippen LogP contribution in [0.15, 0.2) is 53.4 Å². The molecule has 3 rings (SSSR count). The van der Waals surface area contributed by atoms with Crippen molar-refractivity contribution in [2.45, 2.75) is 23.8 Å². The summed E-state index contributed by atoms with van der Waals surface area (Å²) in [6.07, 6.45) is 1.83. The molecule has 1 aliphatic heterocycles. The Morgan fingerprint density at radius 1 is 1.15 bits per heavy atom. The number of sulfonamides is 1. The van der Waals surface area contributed by atoms with Crippen LogP contribution in [0.1, 0.15) is 23.2 Å². The van der Waals surface area contributed by atoms with E-state index in [0.717, 1.165) is 25.0 Å². The van der Waals surface area contributed by atoms with E-state index in [-0.39, 0.29) is 16.8 Å². The van der Waals surface area contributed by atoms with Crippen LogP contribution in [0.2, 0.25) is 0 Å². The molecule has 0 spiro atoms. The van der Waals surface area contributed by atoms with Crippen LogP contribution in [0.25, 0.3) is 0 Å². The number of likely N-dealkylation sites (tertiary alicyclic amines) is 1. The highest BCUT2D eigenvalue weighted by molar-refractivity contribution is 7.92. The van der Waals surface area contributed by atoms with Crippen LogP contribution in [0.5, 0.6) is 0 Å². The number of carbonyl (C=O) groups excluding carboxylic acids is 1. The first-order chi connectivity index (χ1) is 12.4. The fourth-order valence-electron chi connectivity index (χ4n) is 3.02. The predicted octanol–water partition coefficient (Wildman–Crippen LogP) is 2.19. The fourth-order valence-corrected chi connectivity index (χ4v) is 4.08. The van der Waals surface area contributed by atoms with Crippen molar-refractivity contribution in [2.75, 3.05) is 17.8 Å². The van der Waals surface area contributed by atoms with Gasteiger partial charge in [-0.1, -0.05) is 0 Å². The summed E-state index contributed by atoms with van der Waals surface area (Å²) < 4.78 is 40.0. The first-order valence-electron chi connectivity index (χ1n) is 8.30. The third-order valence-electron chi connectivity index (χ3n) is 4.42. The molecule has 1 amide bonds. The second-order valence-corrected chi connectivity index (χ2v) is 7.85. The fraction of sp³-hybridized carbons (Fsp3) is 0.278. The Morgan fingerprint density at radius 2 is 1.81 bits per heavy atom. The van der Waals surface area contributed by atoms with Crippen LogP contribution >= 0.6 is 0 Å². The number of nitrogens with one attached hydrogen (secondary N) is 1. The van der Waals surface area contributed by atoms with Crippen LogP contribution < -0.4 is 10.5 Å². The lowest BCUT2D eigenvalue weighted by Crippen LogP contribution is -2.39. The minimum atomic E-state index is -3.82. The van der Waals surface area contributed by atoms with E-state index in [2.05, 4.69) is 4.72 Å². The smallest absolute Gasteiger partial charge is 0.261 e. The van der Waals surface area contributed by atoms with Gasteiger partial charge in [0.15, 0.2) is 0 Å². The monoisotopic (exact) mass is 377 g/mol.